The lowest BCUT2D eigenvalue weighted by Crippen LogP contribution is -2.39. The maximum Gasteiger partial charge on any atom is 0.231 e. The average Bonchev–Trinajstić information content (AvgIpc) is 3.03. The lowest BCUT2D eigenvalue weighted by molar-refractivity contribution is -0.124. The topological polar surface area (TPSA) is 58.6 Å². The summed E-state index contributed by atoms with van der Waals surface area (Å²) in [5.41, 5.74) is -0.593. The normalized spacial score (nSPS) is 22.9. The SMILES string of the molecule is CC1(C)C[C@]1(C(=O)NCCOCCO)c1ccccc1F. The maximum atomic E-state index is 14.1. The number of nitrogens with one attached hydrogen (secondary N) is 1. The number of hydrogen-bond donors (Lipinski definition) is 2. The fourth-order valence-corrected chi connectivity index (χ4v) is 2.95. The summed E-state index contributed by atoms with van der Waals surface area (Å²) in [6.45, 7) is 4.84. The molecule has 4 nitrogen and oxygen atoms in total. The Morgan fingerprint density at radius 3 is 2.62 bits per heavy atom. The van der Waals surface area contributed by atoms with Crippen LogP contribution in [-0.4, -0.2) is 37.4 Å². The van der Waals surface area contributed by atoms with Crippen LogP contribution in [0.5, 0.6) is 0 Å². The van der Waals surface area contributed by atoms with Gasteiger partial charge in [0.2, 0.25) is 5.91 Å². The Labute approximate surface area is 124 Å². The number of aliphatic hydroxyl groups is 1. The minimum Gasteiger partial charge on any atom is -0.394 e. The minimum atomic E-state index is -0.796. The Morgan fingerprint density at radius 2 is 2.05 bits per heavy atom. The molecule has 0 radical (unpaired) electrons. The van der Waals surface area contributed by atoms with Crippen molar-refractivity contribution in [1.82, 2.24) is 5.32 Å². The van der Waals surface area contributed by atoms with Crippen molar-refractivity contribution in [1.29, 1.82) is 0 Å². The van der Waals surface area contributed by atoms with E-state index in [4.69, 9.17) is 9.84 Å². The van der Waals surface area contributed by atoms with Gasteiger partial charge in [-0.3, -0.25) is 4.79 Å². The van der Waals surface area contributed by atoms with Gasteiger partial charge in [-0.15, -0.1) is 0 Å². The van der Waals surface area contributed by atoms with E-state index in [1.807, 2.05) is 13.8 Å². The summed E-state index contributed by atoms with van der Waals surface area (Å²) in [5, 5.41) is 11.4. The number of carbonyl (C=O) groups is 1. The Bertz CT molecular complexity index is 518. The highest BCUT2D eigenvalue weighted by molar-refractivity contribution is 5.93. The molecule has 2 rings (SSSR count). The zero-order chi connectivity index (χ0) is 15.5. The molecule has 1 fully saturated rings. The standard InChI is InChI=1S/C16H22FNO3/c1-15(2)11-16(15,12-5-3-4-6-13(12)17)14(20)18-7-9-21-10-8-19/h3-6,19H,7-11H2,1-2H3,(H,18,20)/t16-/m1/s1. The van der Waals surface area contributed by atoms with Gasteiger partial charge in [0.1, 0.15) is 5.82 Å². The van der Waals surface area contributed by atoms with Gasteiger partial charge in [-0.1, -0.05) is 32.0 Å². The van der Waals surface area contributed by atoms with Crippen LogP contribution in [0, 0.1) is 11.2 Å². The van der Waals surface area contributed by atoms with Crippen molar-refractivity contribution in [3.05, 3.63) is 35.6 Å². The summed E-state index contributed by atoms with van der Waals surface area (Å²) in [5.74, 6) is -0.500. The van der Waals surface area contributed by atoms with E-state index in [9.17, 15) is 9.18 Å². The zero-order valence-corrected chi connectivity index (χ0v) is 12.5. The Kier molecular flexibility index (Phi) is 4.64. The van der Waals surface area contributed by atoms with Gasteiger partial charge < -0.3 is 15.2 Å². The van der Waals surface area contributed by atoms with Gasteiger partial charge in [-0.25, -0.2) is 4.39 Å². The van der Waals surface area contributed by atoms with Gasteiger partial charge in [-0.05, 0) is 17.9 Å². The molecule has 2 N–H and O–H groups in total. The summed E-state index contributed by atoms with van der Waals surface area (Å²) >= 11 is 0. The molecule has 1 amide bonds. The number of halogens is 1. The van der Waals surface area contributed by atoms with Gasteiger partial charge in [0.05, 0.1) is 25.2 Å². The van der Waals surface area contributed by atoms with Crippen molar-refractivity contribution in [2.75, 3.05) is 26.4 Å². The van der Waals surface area contributed by atoms with E-state index in [2.05, 4.69) is 5.32 Å². The van der Waals surface area contributed by atoms with Gasteiger partial charge >= 0.3 is 0 Å². The van der Waals surface area contributed by atoms with E-state index in [-0.39, 0.29) is 30.4 Å². The van der Waals surface area contributed by atoms with Gasteiger partial charge in [0.25, 0.3) is 0 Å². The van der Waals surface area contributed by atoms with E-state index in [1.54, 1.807) is 18.2 Å². The summed E-state index contributed by atoms with van der Waals surface area (Å²) in [7, 11) is 0. The van der Waals surface area contributed by atoms with E-state index < -0.39 is 5.41 Å². The van der Waals surface area contributed by atoms with E-state index >= 15 is 0 Å². The molecule has 0 bridgehead atoms. The van der Waals surface area contributed by atoms with Crippen molar-refractivity contribution in [3.63, 3.8) is 0 Å². The molecule has 0 saturated heterocycles. The molecular weight excluding hydrogens is 273 g/mol. The lowest BCUT2D eigenvalue weighted by atomic mass is 9.86. The number of benzene rings is 1. The van der Waals surface area contributed by atoms with Crippen LogP contribution < -0.4 is 5.32 Å². The first-order valence-corrected chi connectivity index (χ1v) is 7.17. The van der Waals surface area contributed by atoms with Gasteiger partial charge in [0.15, 0.2) is 0 Å². The van der Waals surface area contributed by atoms with Crippen molar-refractivity contribution >= 4 is 5.91 Å². The quantitative estimate of drug-likeness (QED) is 0.752. The Hall–Kier alpha value is -1.46. The van der Waals surface area contributed by atoms with Crippen LogP contribution in [0.1, 0.15) is 25.8 Å². The Balaban J connectivity index is 2.07. The molecule has 1 aliphatic carbocycles. The van der Waals surface area contributed by atoms with Gasteiger partial charge in [-0.2, -0.15) is 0 Å². The maximum absolute atomic E-state index is 14.1. The third-order valence-corrected chi connectivity index (χ3v) is 4.23. The predicted octanol–water partition coefficient (Wildman–Crippen LogP) is 1.62. The second-order valence-electron chi connectivity index (χ2n) is 6.04. The molecule has 0 aromatic heterocycles. The van der Waals surface area contributed by atoms with Crippen molar-refractivity contribution < 1.29 is 19.0 Å². The molecule has 0 unspecified atom stereocenters. The zero-order valence-electron chi connectivity index (χ0n) is 12.5. The monoisotopic (exact) mass is 295 g/mol. The average molecular weight is 295 g/mol. The smallest absolute Gasteiger partial charge is 0.231 e. The fraction of sp³-hybridized carbons (Fsp3) is 0.562. The highest BCUT2D eigenvalue weighted by Gasteiger charge is 2.67. The summed E-state index contributed by atoms with van der Waals surface area (Å²) in [6, 6.07) is 6.46. The first kappa shape index (κ1) is 15.9. The van der Waals surface area contributed by atoms with Crippen LogP contribution in [0.4, 0.5) is 4.39 Å². The van der Waals surface area contributed by atoms with Crippen LogP contribution >= 0.6 is 0 Å². The largest absolute Gasteiger partial charge is 0.394 e. The highest BCUT2D eigenvalue weighted by atomic mass is 19.1. The van der Waals surface area contributed by atoms with Crippen LogP contribution in [0.3, 0.4) is 0 Å². The molecule has 1 aromatic rings. The lowest BCUT2D eigenvalue weighted by Gasteiger charge is -2.21. The summed E-state index contributed by atoms with van der Waals surface area (Å²) in [4.78, 5) is 12.5. The molecule has 1 aromatic carbocycles. The number of carbonyl (C=O) groups excluding carboxylic acids is 1. The molecular formula is C16H22FNO3. The number of ether oxygens (including phenoxy) is 1. The highest BCUT2D eigenvalue weighted by Crippen LogP contribution is 2.64. The minimum absolute atomic E-state index is 0.0415. The number of rotatable bonds is 7. The van der Waals surface area contributed by atoms with Crippen molar-refractivity contribution in [3.8, 4) is 0 Å². The van der Waals surface area contributed by atoms with Crippen LogP contribution in [-0.2, 0) is 14.9 Å². The summed E-state index contributed by atoms with van der Waals surface area (Å²) < 4.78 is 19.2. The molecule has 1 saturated carbocycles. The molecule has 0 aliphatic heterocycles. The number of aliphatic hydroxyl groups excluding tert-OH is 1. The fourth-order valence-electron chi connectivity index (χ4n) is 2.95. The third-order valence-electron chi connectivity index (χ3n) is 4.23. The molecule has 0 spiro atoms. The molecule has 21 heavy (non-hydrogen) atoms. The third kappa shape index (κ3) is 2.94. The van der Waals surface area contributed by atoms with Crippen molar-refractivity contribution in [2.45, 2.75) is 25.7 Å². The molecule has 1 aliphatic rings. The molecule has 0 heterocycles. The van der Waals surface area contributed by atoms with E-state index in [1.165, 1.54) is 6.07 Å². The van der Waals surface area contributed by atoms with Crippen LogP contribution in [0.25, 0.3) is 0 Å². The second-order valence-corrected chi connectivity index (χ2v) is 6.04. The van der Waals surface area contributed by atoms with Crippen molar-refractivity contribution in [2.24, 2.45) is 5.41 Å². The molecule has 116 valence electrons. The second kappa shape index (κ2) is 6.12. The number of hydrogen-bond acceptors (Lipinski definition) is 3. The molecule has 1 atom stereocenters. The predicted molar refractivity (Wildman–Crippen MR) is 77.4 cm³/mol. The van der Waals surface area contributed by atoms with Crippen LogP contribution in [0.2, 0.25) is 0 Å². The first-order chi connectivity index (χ1) is 9.95. The van der Waals surface area contributed by atoms with Crippen LogP contribution in [0.15, 0.2) is 24.3 Å². The Morgan fingerprint density at radius 1 is 1.38 bits per heavy atom. The first-order valence-electron chi connectivity index (χ1n) is 7.17. The van der Waals surface area contributed by atoms with E-state index in [0.717, 1.165) is 0 Å². The van der Waals surface area contributed by atoms with Gasteiger partial charge in [0, 0.05) is 12.1 Å². The summed E-state index contributed by atoms with van der Waals surface area (Å²) in [6.07, 6.45) is 0.629. The van der Waals surface area contributed by atoms with E-state index in [0.29, 0.717) is 25.1 Å². The number of amides is 1. The molecule has 5 heteroatoms.